The molecule has 3 nitrogen and oxygen atoms in total. The summed E-state index contributed by atoms with van der Waals surface area (Å²) in [5.41, 5.74) is 4.22. The normalized spacial score (nSPS) is 12.6. The highest BCUT2D eigenvalue weighted by atomic mass is 32.2. The molecular formula is C21H20N2OS2. The minimum atomic E-state index is -0.101. The zero-order chi connectivity index (χ0) is 18.1. The monoisotopic (exact) mass is 380 g/mol. The number of hydrogen-bond acceptors (Lipinski definition) is 4. The second kappa shape index (κ2) is 7.25. The summed E-state index contributed by atoms with van der Waals surface area (Å²) < 4.78 is 0. The number of thioether (sulfide) groups is 1. The molecule has 0 atom stereocenters. The van der Waals surface area contributed by atoms with E-state index in [4.69, 9.17) is 4.98 Å². The molecule has 0 fully saturated rings. The number of benzene rings is 2. The summed E-state index contributed by atoms with van der Waals surface area (Å²) in [6, 6.07) is 16.2. The standard InChI is InChI=1S/C21H20N2OS2/c1-13(2)25-16-8-5-7-15(12-16)20(24)23-21-22-19-17-9-4-3-6-14(17)10-11-18(19)26-21/h3-9,12-13H,10-11H2,1-2H3,(H,22,23,24). The minimum absolute atomic E-state index is 0.101. The first-order valence-electron chi connectivity index (χ1n) is 8.76. The van der Waals surface area contributed by atoms with Crippen LogP contribution in [0.4, 0.5) is 5.13 Å². The van der Waals surface area contributed by atoms with Gasteiger partial charge in [-0.25, -0.2) is 4.98 Å². The molecule has 0 aliphatic heterocycles. The number of hydrogen-bond donors (Lipinski definition) is 1. The molecule has 4 rings (SSSR count). The first kappa shape index (κ1) is 17.3. The SMILES string of the molecule is CC(C)Sc1cccc(C(=O)Nc2nc3c(s2)CCc2ccccc2-3)c1. The van der Waals surface area contributed by atoms with Crippen molar-refractivity contribution in [2.45, 2.75) is 36.8 Å². The van der Waals surface area contributed by atoms with E-state index in [1.807, 2.05) is 30.3 Å². The third-order valence-electron chi connectivity index (χ3n) is 4.28. The third kappa shape index (κ3) is 3.55. The van der Waals surface area contributed by atoms with Gasteiger partial charge in [-0.15, -0.1) is 23.1 Å². The predicted molar refractivity (Wildman–Crippen MR) is 110 cm³/mol. The van der Waals surface area contributed by atoms with Crippen LogP contribution in [0.3, 0.4) is 0 Å². The Bertz CT molecular complexity index is 962. The molecule has 0 bridgehead atoms. The van der Waals surface area contributed by atoms with E-state index in [0.717, 1.165) is 23.4 Å². The number of aromatic nitrogens is 1. The quantitative estimate of drug-likeness (QED) is 0.594. The summed E-state index contributed by atoms with van der Waals surface area (Å²) in [5.74, 6) is -0.101. The van der Waals surface area contributed by atoms with Crippen molar-refractivity contribution in [1.82, 2.24) is 4.98 Å². The minimum Gasteiger partial charge on any atom is -0.298 e. The van der Waals surface area contributed by atoms with Gasteiger partial charge in [0.2, 0.25) is 0 Å². The van der Waals surface area contributed by atoms with Crippen LogP contribution in [0.2, 0.25) is 0 Å². The van der Waals surface area contributed by atoms with E-state index < -0.39 is 0 Å². The highest BCUT2D eigenvalue weighted by Gasteiger charge is 2.21. The first-order chi connectivity index (χ1) is 12.6. The second-order valence-electron chi connectivity index (χ2n) is 6.60. The zero-order valence-corrected chi connectivity index (χ0v) is 16.4. The van der Waals surface area contributed by atoms with Crippen LogP contribution in [-0.2, 0) is 12.8 Å². The Kier molecular flexibility index (Phi) is 4.83. The number of anilines is 1. The number of thiazole rings is 1. The fourth-order valence-electron chi connectivity index (χ4n) is 3.15. The molecule has 3 aromatic rings. The van der Waals surface area contributed by atoms with Crippen molar-refractivity contribution in [2.75, 3.05) is 5.32 Å². The van der Waals surface area contributed by atoms with Crippen LogP contribution in [0.5, 0.6) is 0 Å². The molecule has 2 aromatic carbocycles. The van der Waals surface area contributed by atoms with Gasteiger partial charge >= 0.3 is 0 Å². The smallest absolute Gasteiger partial charge is 0.257 e. The number of carbonyl (C=O) groups is 1. The summed E-state index contributed by atoms with van der Waals surface area (Å²) in [4.78, 5) is 19.7. The average molecular weight is 381 g/mol. The maximum atomic E-state index is 12.7. The molecule has 1 amide bonds. The molecule has 1 heterocycles. The number of carbonyl (C=O) groups excluding carboxylic acids is 1. The van der Waals surface area contributed by atoms with Gasteiger partial charge in [0.25, 0.3) is 5.91 Å². The van der Waals surface area contributed by atoms with Crippen molar-refractivity contribution in [3.05, 3.63) is 64.5 Å². The molecule has 0 saturated heterocycles. The van der Waals surface area contributed by atoms with Gasteiger partial charge in [0.05, 0.1) is 5.69 Å². The molecule has 0 radical (unpaired) electrons. The number of nitrogens with zero attached hydrogens (tertiary/aromatic N) is 1. The molecule has 0 spiro atoms. The van der Waals surface area contributed by atoms with Crippen molar-refractivity contribution >= 4 is 34.1 Å². The maximum absolute atomic E-state index is 12.7. The topological polar surface area (TPSA) is 42.0 Å². The lowest BCUT2D eigenvalue weighted by molar-refractivity contribution is 0.102. The molecule has 132 valence electrons. The molecule has 1 aliphatic carbocycles. The number of aryl methyl sites for hydroxylation is 2. The van der Waals surface area contributed by atoms with E-state index in [0.29, 0.717) is 15.9 Å². The van der Waals surface area contributed by atoms with E-state index >= 15 is 0 Å². The van der Waals surface area contributed by atoms with Crippen LogP contribution in [0.1, 0.15) is 34.6 Å². The molecule has 1 aliphatic rings. The Hall–Kier alpha value is -2.11. The molecule has 5 heteroatoms. The van der Waals surface area contributed by atoms with Crippen molar-refractivity contribution in [3.63, 3.8) is 0 Å². The van der Waals surface area contributed by atoms with Crippen LogP contribution in [0, 0.1) is 0 Å². The van der Waals surface area contributed by atoms with Crippen LogP contribution in [0.25, 0.3) is 11.3 Å². The van der Waals surface area contributed by atoms with E-state index in [9.17, 15) is 4.79 Å². The third-order valence-corrected chi connectivity index (χ3v) is 6.31. The molecular weight excluding hydrogens is 360 g/mol. The Morgan fingerprint density at radius 2 is 2.00 bits per heavy atom. The largest absolute Gasteiger partial charge is 0.298 e. The van der Waals surface area contributed by atoms with Crippen molar-refractivity contribution in [2.24, 2.45) is 0 Å². The van der Waals surface area contributed by atoms with Crippen LogP contribution < -0.4 is 5.32 Å². The summed E-state index contributed by atoms with van der Waals surface area (Å²) in [7, 11) is 0. The summed E-state index contributed by atoms with van der Waals surface area (Å²) in [6.45, 7) is 4.30. The maximum Gasteiger partial charge on any atom is 0.257 e. The van der Waals surface area contributed by atoms with Gasteiger partial charge in [0, 0.05) is 26.1 Å². The van der Waals surface area contributed by atoms with Gasteiger partial charge in [0.15, 0.2) is 5.13 Å². The molecule has 1 N–H and O–H groups in total. The van der Waals surface area contributed by atoms with E-state index in [-0.39, 0.29) is 5.91 Å². The fourth-order valence-corrected chi connectivity index (χ4v) is 5.02. The molecule has 0 saturated carbocycles. The Balaban J connectivity index is 1.56. The average Bonchev–Trinajstić information content (AvgIpc) is 3.04. The summed E-state index contributed by atoms with van der Waals surface area (Å²) in [5, 5.41) is 4.15. The lowest BCUT2D eigenvalue weighted by atomic mass is 9.94. The Morgan fingerprint density at radius 3 is 2.85 bits per heavy atom. The van der Waals surface area contributed by atoms with Gasteiger partial charge in [-0.1, -0.05) is 44.2 Å². The van der Waals surface area contributed by atoms with E-state index in [1.54, 1.807) is 23.1 Å². The van der Waals surface area contributed by atoms with Crippen molar-refractivity contribution < 1.29 is 4.79 Å². The van der Waals surface area contributed by atoms with E-state index in [1.165, 1.54) is 16.0 Å². The lowest BCUT2D eigenvalue weighted by Gasteiger charge is -2.13. The molecule has 0 unspecified atom stereocenters. The second-order valence-corrected chi connectivity index (χ2v) is 9.33. The van der Waals surface area contributed by atoms with Crippen LogP contribution >= 0.6 is 23.1 Å². The van der Waals surface area contributed by atoms with Crippen LogP contribution in [0.15, 0.2) is 53.4 Å². The number of amides is 1. The number of nitrogens with one attached hydrogen (secondary N) is 1. The van der Waals surface area contributed by atoms with E-state index in [2.05, 4.69) is 37.4 Å². The van der Waals surface area contributed by atoms with Crippen LogP contribution in [-0.4, -0.2) is 16.1 Å². The summed E-state index contributed by atoms with van der Waals surface area (Å²) >= 11 is 3.35. The van der Waals surface area contributed by atoms with Crippen molar-refractivity contribution in [1.29, 1.82) is 0 Å². The first-order valence-corrected chi connectivity index (χ1v) is 10.5. The van der Waals surface area contributed by atoms with Gasteiger partial charge in [-0.2, -0.15) is 0 Å². The van der Waals surface area contributed by atoms with Gasteiger partial charge in [-0.05, 0) is 36.6 Å². The highest BCUT2D eigenvalue weighted by molar-refractivity contribution is 7.99. The van der Waals surface area contributed by atoms with Gasteiger partial charge in [-0.3, -0.25) is 10.1 Å². The Labute approximate surface area is 161 Å². The number of rotatable bonds is 4. The number of fused-ring (bicyclic) bond motifs is 3. The molecule has 1 aromatic heterocycles. The molecule has 26 heavy (non-hydrogen) atoms. The van der Waals surface area contributed by atoms with Gasteiger partial charge < -0.3 is 0 Å². The van der Waals surface area contributed by atoms with Gasteiger partial charge in [0.1, 0.15) is 0 Å². The lowest BCUT2D eigenvalue weighted by Crippen LogP contribution is -2.11. The fraction of sp³-hybridized carbons (Fsp3) is 0.238. The Morgan fingerprint density at radius 1 is 1.15 bits per heavy atom. The summed E-state index contributed by atoms with van der Waals surface area (Å²) in [6.07, 6.45) is 2.02. The van der Waals surface area contributed by atoms with Crippen molar-refractivity contribution in [3.8, 4) is 11.3 Å². The zero-order valence-electron chi connectivity index (χ0n) is 14.8. The highest BCUT2D eigenvalue weighted by Crippen LogP contribution is 2.38. The predicted octanol–water partition coefficient (Wildman–Crippen LogP) is 5.66.